The molecule has 0 N–H and O–H groups in total. The number of ether oxygens (including phenoxy) is 1. The van der Waals surface area contributed by atoms with E-state index in [1.807, 2.05) is 6.92 Å². The van der Waals surface area contributed by atoms with Crippen molar-refractivity contribution in [2.45, 2.75) is 27.2 Å². The highest BCUT2D eigenvalue weighted by Gasteiger charge is 2.50. The fourth-order valence-corrected chi connectivity index (χ4v) is 2.16. The Morgan fingerprint density at radius 3 is 2.27 bits per heavy atom. The highest BCUT2D eigenvalue weighted by Crippen LogP contribution is 2.34. The Bertz CT molecular complexity index is 295. The molecule has 0 radical (unpaired) electrons. The van der Waals surface area contributed by atoms with Crippen LogP contribution in [0.4, 0.5) is 0 Å². The van der Waals surface area contributed by atoms with Crippen LogP contribution in [-0.4, -0.2) is 24.1 Å². The van der Waals surface area contributed by atoms with Crippen LogP contribution in [0.25, 0.3) is 0 Å². The zero-order valence-corrected chi connectivity index (χ0v) is 9.28. The molecule has 3 unspecified atom stereocenters. The average Bonchev–Trinajstić information content (AvgIpc) is 2.39. The van der Waals surface area contributed by atoms with Crippen molar-refractivity contribution < 1.29 is 19.1 Å². The molecule has 1 aliphatic carbocycles. The van der Waals surface area contributed by atoms with Gasteiger partial charge in [0.2, 0.25) is 11.6 Å². The molecule has 3 atom stereocenters. The highest BCUT2D eigenvalue weighted by atomic mass is 16.5. The first-order valence-electron chi connectivity index (χ1n) is 5.29. The largest absolute Gasteiger partial charge is 0.465 e. The van der Waals surface area contributed by atoms with Gasteiger partial charge in [-0.15, -0.1) is 0 Å². The molecule has 0 amide bonds. The molecule has 1 fully saturated rings. The molecular formula is C11H16O4. The second kappa shape index (κ2) is 4.55. The number of esters is 1. The van der Waals surface area contributed by atoms with E-state index in [-0.39, 0.29) is 18.4 Å². The van der Waals surface area contributed by atoms with Gasteiger partial charge >= 0.3 is 5.97 Å². The van der Waals surface area contributed by atoms with E-state index >= 15 is 0 Å². The van der Waals surface area contributed by atoms with Crippen molar-refractivity contribution in [3.63, 3.8) is 0 Å². The van der Waals surface area contributed by atoms with Gasteiger partial charge in [-0.25, -0.2) is 0 Å². The van der Waals surface area contributed by atoms with Crippen LogP contribution < -0.4 is 0 Å². The third-order valence-electron chi connectivity index (χ3n) is 3.00. The van der Waals surface area contributed by atoms with E-state index in [1.165, 1.54) is 0 Å². The normalized spacial score (nSPS) is 30.7. The first-order chi connectivity index (χ1) is 7.04. The monoisotopic (exact) mass is 212 g/mol. The lowest BCUT2D eigenvalue weighted by molar-refractivity contribution is -0.153. The molecule has 0 aromatic carbocycles. The van der Waals surface area contributed by atoms with Crippen molar-refractivity contribution in [3.05, 3.63) is 0 Å². The summed E-state index contributed by atoms with van der Waals surface area (Å²) < 4.78 is 4.80. The molecule has 0 heterocycles. The molecule has 84 valence electrons. The molecule has 0 aromatic heterocycles. The summed E-state index contributed by atoms with van der Waals surface area (Å²) in [5, 5.41) is 0. The molecule has 1 saturated carbocycles. The number of hydrogen-bond donors (Lipinski definition) is 0. The van der Waals surface area contributed by atoms with Gasteiger partial charge in [-0.1, -0.05) is 13.8 Å². The summed E-state index contributed by atoms with van der Waals surface area (Å²) in [6, 6.07) is 0. The third-order valence-corrected chi connectivity index (χ3v) is 3.00. The quantitative estimate of drug-likeness (QED) is 0.397. The number of Topliss-reactive ketones (excluding diaryl/α,β-unsaturated/α-hetero) is 2. The maximum absolute atomic E-state index is 11.6. The van der Waals surface area contributed by atoms with Crippen molar-refractivity contribution in [3.8, 4) is 0 Å². The van der Waals surface area contributed by atoms with E-state index < -0.39 is 23.5 Å². The third kappa shape index (κ3) is 1.94. The second-order valence-corrected chi connectivity index (χ2v) is 3.83. The summed E-state index contributed by atoms with van der Waals surface area (Å²) in [5.41, 5.74) is 0. The number of hydrogen-bond acceptors (Lipinski definition) is 4. The van der Waals surface area contributed by atoms with Crippen LogP contribution in [0, 0.1) is 17.8 Å². The van der Waals surface area contributed by atoms with Gasteiger partial charge in [0.1, 0.15) is 5.92 Å². The Morgan fingerprint density at radius 2 is 1.87 bits per heavy atom. The topological polar surface area (TPSA) is 60.4 Å². The number of ketones is 2. The molecule has 4 heteroatoms. The van der Waals surface area contributed by atoms with Crippen molar-refractivity contribution in [1.82, 2.24) is 0 Å². The summed E-state index contributed by atoms with van der Waals surface area (Å²) in [5.74, 6) is -2.96. The van der Waals surface area contributed by atoms with Crippen LogP contribution in [0.3, 0.4) is 0 Å². The second-order valence-electron chi connectivity index (χ2n) is 3.83. The van der Waals surface area contributed by atoms with Gasteiger partial charge in [0.25, 0.3) is 0 Å². The molecule has 1 rings (SSSR count). The highest BCUT2D eigenvalue weighted by molar-refractivity contribution is 6.44. The average molecular weight is 212 g/mol. The number of carbonyl (C=O) groups excluding carboxylic acids is 3. The minimum absolute atomic E-state index is 0.228. The molecule has 0 aliphatic heterocycles. The molecule has 4 nitrogen and oxygen atoms in total. The van der Waals surface area contributed by atoms with Crippen LogP contribution in [0.2, 0.25) is 0 Å². The van der Waals surface area contributed by atoms with E-state index in [0.29, 0.717) is 6.42 Å². The number of rotatable bonds is 3. The van der Waals surface area contributed by atoms with Gasteiger partial charge in [0, 0.05) is 5.92 Å². The molecule has 0 bridgehead atoms. The Labute approximate surface area is 89.0 Å². The maximum Gasteiger partial charge on any atom is 0.317 e. The van der Waals surface area contributed by atoms with E-state index in [1.54, 1.807) is 13.8 Å². The Morgan fingerprint density at radius 1 is 1.27 bits per heavy atom. The van der Waals surface area contributed by atoms with Crippen molar-refractivity contribution in [1.29, 1.82) is 0 Å². The fraction of sp³-hybridized carbons (Fsp3) is 0.727. The standard InChI is InChI=1S/C11H16O4/c1-4-7-6(3)8(10(13)9(7)12)11(14)15-5-2/h6-8H,4-5H2,1-3H3. The predicted octanol–water partition coefficient (Wildman–Crippen LogP) is 0.980. The van der Waals surface area contributed by atoms with Crippen molar-refractivity contribution in [2.24, 2.45) is 17.8 Å². The van der Waals surface area contributed by atoms with Crippen LogP contribution in [0.1, 0.15) is 27.2 Å². The smallest absolute Gasteiger partial charge is 0.317 e. The molecule has 1 aliphatic rings. The van der Waals surface area contributed by atoms with Crippen LogP contribution in [0.5, 0.6) is 0 Å². The predicted molar refractivity (Wildman–Crippen MR) is 53.1 cm³/mol. The minimum Gasteiger partial charge on any atom is -0.465 e. The van der Waals surface area contributed by atoms with Gasteiger partial charge in [0.05, 0.1) is 6.61 Å². The lowest BCUT2D eigenvalue weighted by atomic mass is 9.89. The van der Waals surface area contributed by atoms with E-state index in [0.717, 1.165) is 0 Å². The zero-order chi connectivity index (χ0) is 11.6. The Kier molecular flexibility index (Phi) is 3.61. The van der Waals surface area contributed by atoms with Crippen LogP contribution in [0.15, 0.2) is 0 Å². The van der Waals surface area contributed by atoms with E-state index in [4.69, 9.17) is 4.74 Å². The Balaban J connectivity index is 2.87. The van der Waals surface area contributed by atoms with Crippen molar-refractivity contribution >= 4 is 17.5 Å². The van der Waals surface area contributed by atoms with Crippen LogP contribution >= 0.6 is 0 Å². The first kappa shape index (κ1) is 11.9. The molecule has 15 heavy (non-hydrogen) atoms. The number of carbonyl (C=O) groups is 3. The molecular weight excluding hydrogens is 196 g/mol. The molecule has 0 saturated heterocycles. The first-order valence-corrected chi connectivity index (χ1v) is 5.29. The van der Waals surface area contributed by atoms with Gasteiger partial charge < -0.3 is 4.74 Å². The van der Waals surface area contributed by atoms with E-state index in [2.05, 4.69) is 0 Å². The zero-order valence-electron chi connectivity index (χ0n) is 9.28. The maximum atomic E-state index is 11.6. The molecule has 0 spiro atoms. The van der Waals surface area contributed by atoms with Gasteiger partial charge in [-0.2, -0.15) is 0 Å². The van der Waals surface area contributed by atoms with E-state index in [9.17, 15) is 14.4 Å². The summed E-state index contributed by atoms with van der Waals surface area (Å²) in [4.78, 5) is 34.5. The lowest BCUT2D eigenvalue weighted by Gasteiger charge is -2.15. The SMILES string of the molecule is CCOC(=O)C1C(=O)C(=O)C(CC)C1C. The van der Waals surface area contributed by atoms with Gasteiger partial charge in [-0.05, 0) is 19.3 Å². The molecule has 0 aromatic rings. The minimum atomic E-state index is -0.873. The van der Waals surface area contributed by atoms with Gasteiger partial charge in [0.15, 0.2) is 0 Å². The fourth-order valence-electron chi connectivity index (χ4n) is 2.16. The van der Waals surface area contributed by atoms with Gasteiger partial charge in [-0.3, -0.25) is 14.4 Å². The summed E-state index contributed by atoms with van der Waals surface area (Å²) in [7, 11) is 0. The summed E-state index contributed by atoms with van der Waals surface area (Å²) in [6.45, 7) is 5.53. The van der Waals surface area contributed by atoms with Crippen molar-refractivity contribution in [2.75, 3.05) is 6.61 Å². The summed E-state index contributed by atoms with van der Waals surface area (Å²) >= 11 is 0. The summed E-state index contributed by atoms with van der Waals surface area (Å²) in [6.07, 6.45) is 0.599. The Hall–Kier alpha value is -1.19. The van der Waals surface area contributed by atoms with Crippen LogP contribution in [-0.2, 0) is 19.1 Å². The lowest BCUT2D eigenvalue weighted by Crippen LogP contribution is -2.27.